The van der Waals surface area contributed by atoms with Crippen LogP contribution in [0.15, 0.2) is 0 Å². The number of hydrogen-bond acceptors (Lipinski definition) is 4. The smallest absolute Gasteiger partial charge is 0.239 e. The van der Waals surface area contributed by atoms with Crippen molar-refractivity contribution >= 4 is 15.7 Å². The molecule has 100 valence electrons. The molecule has 2 fully saturated rings. The molecule has 6 heteroatoms. The summed E-state index contributed by atoms with van der Waals surface area (Å²) in [7, 11) is -3.32. The van der Waals surface area contributed by atoms with Crippen LogP contribution in [0.5, 0.6) is 0 Å². The van der Waals surface area contributed by atoms with Crippen LogP contribution in [0.4, 0.5) is 0 Å². The number of rotatable bonds is 2. The van der Waals surface area contributed by atoms with Gasteiger partial charge in [0.2, 0.25) is 5.91 Å². The second-order valence-corrected chi connectivity index (χ2v) is 7.54. The van der Waals surface area contributed by atoms with Gasteiger partial charge < -0.3 is 5.32 Å². The highest BCUT2D eigenvalue weighted by Gasteiger charge is 2.41. The van der Waals surface area contributed by atoms with Crippen LogP contribution in [0, 0.1) is 11.3 Å². The molecule has 0 aromatic heterocycles. The van der Waals surface area contributed by atoms with Gasteiger partial charge in [-0.2, -0.15) is 5.26 Å². The van der Waals surface area contributed by atoms with Gasteiger partial charge in [-0.05, 0) is 38.5 Å². The number of nitrogens with zero attached hydrogens (tertiary/aromatic N) is 1. The van der Waals surface area contributed by atoms with Crippen LogP contribution in [0.25, 0.3) is 0 Å². The van der Waals surface area contributed by atoms with Gasteiger partial charge in [-0.3, -0.25) is 4.79 Å². The quantitative estimate of drug-likeness (QED) is 0.807. The zero-order valence-electron chi connectivity index (χ0n) is 10.3. The fourth-order valence-electron chi connectivity index (χ4n) is 2.81. The normalized spacial score (nSPS) is 29.4. The molecule has 1 heterocycles. The first-order chi connectivity index (χ1) is 8.49. The van der Waals surface area contributed by atoms with Gasteiger partial charge in [0.15, 0.2) is 9.84 Å². The molecule has 0 aromatic carbocycles. The monoisotopic (exact) mass is 270 g/mol. The predicted octanol–water partition coefficient (Wildman–Crippen LogP) is 0.906. The van der Waals surface area contributed by atoms with E-state index in [4.69, 9.17) is 0 Å². The minimum Gasteiger partial charge on any atom is -0.337 e. The summed E-state index contributed by atoms with van der Waals surface area (Å²) >= 11 is 0. The standard InChI is InChI=1S/C12H18N2O3S/c13-9-12(6-2-3-7-12)14-11(15)10-5-1-4-8-18(10,16)17/h10H,1-8H2,(H,14,15). The third-order valence-electron chi connectivity index (χ3n) is 3.90. The van der Waals surface area contributed by atoms with Crippen LogP contribution in [-0.2, 0) is 14.6 Å². The Morgan fingerprint density at radius 2 is 1.89 bits per heavy atom. The maximum atomic E-state index is 12.1. The van der Waals surface area contributed by atoms with Crippen molar-refractivity contribution in [3.63, 3.8) is 0 Å². The number of hydrogen-bond donors (Lipinski definition) is 1. The van der Waals surface area contributed by atoms with Gasteiger partial charge in [0.1, 0.15) is 10.8 Å². The Hall–Kier alpha value is -1.09. The third kappa shape index (κ3) is 2.51. The Morgan fingerprint density at radius 3 is 2.44 bits per heavy atom. The van der Waals surface area contributed by atoms with Crippen molar-refractivity contribution in [3.05, 3.63) is 0 Å². The summed E-state index contributed by atoms with van der Waals surface area (Å²) in [6.07, 6.45) is 4.85. The van der Waals surface area contributed by atoms with Crippen molar-refractivity contribution in [3.8, 4) is 6.07 Å². The minimum absolute atomic E-state index is 0.0879. The van der Waals surface area contributed by atoms with E-state index in [0.29, 0.717) is 25.7 Å². The summed E-state index contributed by atoms with van der Waals surface area (Å²) in [6, 6.07) is 2.15. The molecule has 0 spiro atoms. The van der Waals surface area contributed by atoms with Crippen LogP contribution in [0.1, 0.15) is 44.9 Å². The van der Waals surface area contributed by atoms with Crippen molar-refractivity contribution in [2.75, 3.05) is 5.75 Å². The molecule has 1 N–H and O–H groups in total. The van der Waals surface area contributed by atoms with Crippen molar-refractivity contribution in [2.45, 2.75) is 55.7 Å². The molecule has 5 nitrogen and oxygen atoms in total. The number of sulfone groups is 1. The van der Waals surface area contributed by atoms with E-state index >= 15 is 0 Å². The highest BCUT2D eigenvalue weighted by Crippen LogP contribution is 2.30. The van der Waals surface area contributed by atoms with Gasteiger partial charge in [-0.25, -0.2) is 8.42 Å². The van der Waals surface area contributed by atoms with E-state index in [-0.39, 0.29) is 5.75 Å². The lowest BCUT2D eigenvalue weighted by molar-refractivity contribution is -0.122. The molecule has 1 saturated carbocycles. The Bertz CT molecular complexity index is 472. The third-order valence-corrected chi connectivity index (χ3v) is 6.08. The lowest BCUT2D eigenvalue weighted by atomic mass is 9.99. The van der Waals surface area contributed by atoms with Gasteiger partial charge in [0.25, 0.3) is 0 Å². The maximum absolute atomic E-state index is 12.1. The average molecular weight is 270 g/mol. The first kappa shape index (κ1) is 13.3. The number of nitriles is 1. The zero-order chi connectivity index (χ0) is 13.2. The fraction of sp³-hybridized carbons (Fsp3) is 0.833. The summed E-state index contributed by atoms with van der Waals surface area (Å²) in [5.41, 5.74) is -0.829. The summed E-state index contributed by atoms with van der Waals surface area (Å²) in [6.45, 7) is 0. The minimum atomic E-state index is -3.32. The van der Waals surface area contributed by atoms with E-state index in [1.165, 1.54) is 0 Å². The van der Waals surface area contributed by atoms with Crippen molar-refractivity contribution in [2.24, 2.45) is 0 Å². The Kier molecular flexibility index (Phi) is 3.62. The van der Waals surface area contributed by atoms with E-state index in [1.54, 1.807) is 0 Å². The van der Waals surface area contributed by atoms with Gasteiger partial charge in [-0.1, -0.05) is 6.42 Å². The molecule has 1 aliphatic carbocycles. The second-order valence-electron chi connectivity index (χ2n) is 5.24. The fourth-order valence-corrected chi connectivity index (χ4v) is 4.61. The van der Waals surface area contributed by atoms with E-state index < -0.39 is 26.5 Å². The summed E-state index contributed by atoms with van der Waals surface area (Å²) < 4.78 is 23.7. The van der Waals surface area contributed by atoms with Gasteiger partial charge in [0.05, 0.1) is 11.8 Å². The summed E-state index contributed by atoms with van der Waals surface area (Å²) in [4.78, 5) is 12.1. The van der Waals surface area contributed by atoms with Crippen molar-refractivity contribution in [1.29, 1.82) is 5.26 Å². The Labute approximate surface area is 107 Å². The Morgan fingerprint density at radius 1 is 1.22 bits per heavy atom. The molecule has 2 rings (SSSR count). The van der Waals surface area contributed by atoms with Crippen LogP contribution in [0.3, 0.4) is 0 Å². The van der Waals surface area contributed by atoms with Crippen LogP contribution >= 0.6 is 0 Å². The number of carbonyl (C=O) groups is 1. The molecule has 1 amide bonds. The van der Waals surface area contributed by atoms with E-state index in [9.17, 15) is 18.5 Å². The molecule has 1 aliphatic heterocycles. The zero-order valence-corrected chi connectivity index (χ0v) is 11.1. The van der Waals surface area contributed by atoms with Crippen LogP contribution < -0.4 is 5.32 Å². The Balaban J connectivity index is 2.10. The molecule has 1 unspecified atom stereocenters. The lowest BCUT2D eigenvalue weighted by Gasteiger charge is -2.27. The number of amides is 1. The molecular formula is C12H18N2O3S. The lowest BCUT2D eigenvalue weighted by Crippen LogP contribution is -2.52. The first-order valence-corrected chi connectivity index (χ1v) is 8.15. The molecule has 1 atom stereocenters. The van der Waals surface area contributed by atoms with Gasteiger partial charge in [-0.15, -0.1) is 0 Å². The number of carbonyl (C=O) groups excluding carboxylic acids is 1. The molecule has 0 radical (unpaired) electrons. The first-order valence-electron chi connectivity index (χ1n) is 6.44. The van der Waals surface area contributed by atoms with E-state index in [1.807, 2.05) is 0 Å². The summed E-state index contributed by atoms with van der Waals surface area (Å²) in [5.74, 6) is -0.386. The predicted molar refractivity (Wildman–Crippen MR) is 66.4 cm³/mol. The summed E-state index contributed by atoms with van der Waals surface area (Å²) in [5, 5.41) is 10.9. The molecule has 1 saturated heterocycles. The molecule has 0 bridgehead atoms. The van der Waals surface area contributed by atoms with E-state index in [2.05, 4.69) is 11.4 Å². The highest BCUT2D eigenvalue weighted by atomic mass is 32.2. The highest BCUT2D eigenvalue weighted by molar-refractivity contribution is 7.92. The van der Waals surface area contributed by atoms with Gasteiger partial charge >= 0.3 is 0 Å². The van der Waals surface area contributed by atoms with E-state index in [0.717, 1.165) is 19.3 Å². The largest absolute Gasteiger partial charge is 0.337 e. The SMILES string of the molecule is N#CC1(NC(=O)C2CCCCS2(=O)=O)CCCC1. The topological polar surface area (TPSA) is 87.0 Å². The van der Waals surface area contributed by atoms with Crippen LogP contribution in [0.2, 0.25) is 0 Å². The van der Waals surface area contributed by atoms with Crippen LogP contribution in [-0.4, -0.2) is 30.9 Å². The molecule has 18 heavy (non-hydrogen) atoms. The molecule has 2 aliphatic rings. The molecular weight excluding hydrogens is 252 g/mol. The van der Waals surface area contributed by atoms with Gasteiger partial charge in [0, 0.05) is 0 Å². The maximum Gasteiger partial charge on any atom is 0.239 e. The molecule has 0 aromatic rings. The second kappa shape index (κ2) is 4.88. The van der Waals surface area contributed by atoms with Crippen molar-refractivity contribution < 1.29 is 13.2 Å². The average Bonchev–Trinajstić information content (AvgIpc) is 2.77. The van der Waals surface area contributed by atoms with Crippen molar-refractivity contribution in [1.82, 2.24) is 5.32 Å². The number of nitrogens with one attached hydrogen (secondary N) is 1.